The SMILES string of the molecule is COc1cnc2ncnc(Nc3ccc(F)c(Cl)c3)c2n1. The molecule has 0 aliphatic carbocycles. The number of anilines is 2. The number of rotatable bonds is 3. The van der Waals surface area contributed by atoms with E-state index in [9.17, 15) is 4.39 Å². The predicted octanol–water partition coefficient (Wildman–Crippen LogP) is 2.96. The first-order valence-electron chi connectivity index (χ1n) is 5.91. The minimum Gasteiger partial charge on any atom is -0.480 e. The highest BCUT2D eigenvalue weighted by Gasteiger charge is 2.09. The first-order chi connectivity index (χ1) is 10.2. The molecule has 0 fully saturated rings. The molecule has 0 bridgehead atoms. The molecule has 0 aliphatic heterocycles. The summed E-state index contributed by atoms with van der Waals surface area (Å²) in [7, 11) is 1.49. The molecule has 0 saturated carbocycles. The Balaban J connectivity index is 2.05. The molecule has 1 N–H and O–H groups in total. The molecule has 0 radical (unpaired) electrons. The molecule has 6 nitrogen and oxygen atoms in total. The second-order valence-electron chi connectivity index (χ2n) is 4.06. The van der Waals surface area contributed by atoms with Gasteiger partial charge in [0.05, 0.1) is 18.3 Å². The standard InChI is InChI=1S/C13H9ClFN5O/c1-21-10-5-16-12-11(20-10)13(18-6-17-12)19-7-2-3-9(15)8(14)4-7/h2-6H,1H3,(H,16,17,18,19). The van der Waals surface area contributed by atoms with Gasteiger partial charge in [-0.25, -0.2) is 24.3 Å². The molecular formula is C13H9ClFN5O. The summed E-state index contributed by atoms with van der Waals surface area (Å²) in [6, 6.07) is 4.27. The highest BCUT2D eigenvalue weighted by molar-refractivity contribution is 6.31. The second-order valence-corrected chi connectivity index (χ2v) is 4.47. The van der Waals surface area contributed by atoms with E-state index in [0.29, 0.717) is 28.5 Å². The van der Waals surface area contributed by atoms with Crippen molar-refractivity contribution in [2.45, 2.75) is 0 Å². The van der Waals surface area contributed by atoms with Crippen LogP contribution in [0, 0.1) is 5.82 Å². The lowest BCUT2D eigenvalue weighted by Gasteiger charge is -2.08. The summed E-state index contributed by atoms with van der Waals surface area (Å²) in [6.07, 6.45) is 2.82. The van der Waals surface area contributed by atoms with Crippen molar-refractivity contribution < 1.29 is 9.13 Å². The zero-order valence-corrected chi connectivity index (χ0v) is 11.6. The van der Waals surface area contributed by atoms with E-state index in [4.69, 9.17) is 16.3 Å². The quantitative estimate of drug-likeness (QED) is 0.802. The van der Waals surface area contributed by atoms with E-state index in [2.05, 4.69) is 25.3 Å². The van der Waals surface area contributed by atoms with Crippen LogP contribution in [0.25, 0.3) is 11.2 Å². The van der Waals surface area contributed by atoms with Gasteiger partial charge in [0.15, 0.2) is 17.0 Å². The van der Waals surface area contributed by atoms with Crippen molar-refractivity contribution >= 4 is 34.3 Å². The first-order valence-corrected chi connectivity index (χ1v) is 6.29. The third-order valence-electron chi connectivity index (χ3n) is 2.71. The Morgan fingerprint density at radius 3 is 2.86 bits per heavy atom. The molecule has 106 valence electrons. The third-order valence-corrected chi connectivity index (χ3v) is 3.00. The van der Waals surface area contributed by atoms with Gasteiger partial charge in [-0.2, -0.15) is 0 Å². The normalized spacial score (nSPS) is 10.6. The number of hydrogen-bond acceptors (Lipinski definition) is 6. The Kier molecular flexibility index (Phi) is 3.49. The van der Waals surface area contributed by atoms with Crippen molar-refractivity contribution in [2.75, 3.05) is 12.4 Å². The molecule has 1 aromatic carbocycles. The van der Waals surface area contributed by atoms with Gasteiger partial charge in [-0.05, 0) is 18.2 Å². The zero-order chi connectivity index (χ0) is 14.8. The number of nitrogens with zero attached hydrogens (tertiary/aromatic N) is 4. The molecule has 0 spiro atoms. The minimum absolute atomic E-state index is 0.0158. The summed E-state index contributed by atoms with van der Waals surface area (Å²) in [5.74, 6) is 0.280. The van der Waals surface area contributed by atoms with E-state index in [1.165, 1.54) is 31.8 Å². The van der Waals surface area contributed by atoms with Crippen molar-refractivity contribution in [1.82, 2.24) is 19.9 Å². The van der Waals surface area contributed by atoms with Gasteiger partial charge < -0.3 is 10.1 Å². The van der Waals surface area contributed by atoms with Crippen LogP contribution >= 0.6 is 11.6 Å². The number of benzene rings is 1. The molecule has 0 unspecified atom stereocenters. The fourth-order valence-electron chi connectivity index (χ4n) is 1.72. The van der Waals surface area contributed by atoms with Crippen LogP contribution in [0.5, 0.6) is 5.88 Å². The van der Waals surface area contributed by atoms with Gasteiger partial charge in [0.1, 0.15) is 12.1 Å². The van der Waals surface area contributed by atoms with E-state index in [0.717, 1.165) is 0 Å². The van der Waals surface area contributed by atoms with Crippen LogP contribution in [-0.4, -0.2) is 27.0 Å². The maximum atomic E-state index is 13.2. The highest BCUT2D eigenvalue weighted by atomic mass is 35.5. The second kappa shape index (κ2) is 5.45. The fraction of sp³-hybridized carbons (Fsp3) is 0.0769. The van der Waals surface area contributed by atoms with E-state index in [-0.39, 0.29) is 5.02 Å². The van der Waals surface area contributed by atoms with E-state index in [1.807, 2.05) is 0 Å². The van der Waals surface area contributed by atoms with Crippen molar-refractivity contribution in [1.29, 1.82) is 0 Å². The Bertz CT molecular complexity index is 814. The van der Waals surface area contributed by atoms with Crippen LogP contribution in [0.1, 0.15) is 0 Å². The lowest BCUT2D eigenvalue weighted by molar-refractivity contribution is 0.397. The van der Waals surface area contributed by atoms with Crippen molar-refractivity contribution in [3.8, 4) is 5.88 Å². The Morgan fingerprint density at radius 2 is 2.10 bits per heavy atom. The molecular weight excluding hydrogens is 297 g/mol. The maximum Gasteiger partial charge on any atom is 0.232 e. The lowest BCUT2D eigenvalue weighted by Crippen LogP contribution is -2.00. The first kappa shape index (κ1) is 13.4. The molecule has 2 aromatic heterocycles. The van der Waals surface area contributed by atoms with E-state index < -0.39 is 5.82 Å². The summed E-state index contributed by atoms with van der Waals surface area (Å²) in [5.41, 5.74) is 1.44. The van der Waals surface area contributed by atoms with Crippen LogP contribution in [0.4, 0.5) is 15.9 Å². The Morgan fingerprint density at radius 1 is 1.24 bits per heavy atom. The average Bonchev–Trinajstić information content (AvgIpc) is 2.51. The number of fused-ring (bicyclic) bond motifs is 1. The minimum atomic E-state index is -0.490. The van der Waals surface area contributed by atoms with E-state index >= 15 is 0 Å². The summed E-state index contributed by atoms with van der Waals surface area (Å²) >= 11 is 5.75. The number of halogens is 2. The van der Waals surface area contributed by atoms with E-state index in [1.54, 1.807) is 6.07 Å². The molecule has 0 aliphatic rings. The summed E-state index contributed by atoms with van der Waals surface area (Å²) in [6.45, 7) is 0. The molecule has 21 heavy (non-hydrogen) atoms. The third kappa shape index (κ3) is 2.68. The molecule has 3 rings (SSSR count). The molecule has 2 heterocycles. The molecule has 8 heteroatoms. The molecule has 0 atom stereocenters. The number of hydrogen-bond donors (Lipinski definition) is 1. The van der Waals surface area contributed by atoms with Crippen LogP contribution in [0.2, 0.25) is 5.02 Å². The fourth-order valence-corrected chi connectivity index (χ4v) is 1.90. The topological polar surface area (TPSA) is 72.8 Å². The number of nitrogens with one attached hydrogen (secondary N) is 1. The van der Waals surface area contributed by atoms with Crippen molar-refractivity contribution in [3.05, 3.63) is 41.6 Å². The van der Waals surface area contributed by atoms with Gasteiger partial charge in [0, 0.05) is 5.69 Å². The van der Waals surface area contributed by atoms with Crippen LogP contribution in [-0.2, 0) is 0 Å². The predicted molar refractivity (Wildman–Crippen MR) is 76.4 cm³/mol. The number of methoxy groups -OCH3 is 1. The summed E-state index contributed by atoms with van der Waals surface area (Å²) < 4.78 is 18.2. The number of aromatic nitrogens is 4. The molecule has 0 amide bonds. The average molecular weight is 306 g/mol. The summed E-state index contributed by atoms with van der Waals surface area (Å²) in [5, 5.41) is 3.02. The van der Waals surface area contributed by atoms with Gasteiger partial charge in [-0.15, -0.1) is 0 Å². The van der Waals surface area contributed by atoms with Gasteiger partial charge >= 0.3 is 0 Å². The van der Waals surface area contributed by atoms with Crippen LogP contribution in [0.3, 0.4) is 0 Å². The van der Waals surface area contributed by atoms with Gasteiger partial charge in [-0.3, -0.25) is 0 Å². The molecule has 3 aromatic rings. The largest absolute Gasteiger partial charge is 0.480 e. The van der Waals surface area contributed by atoms with Gasteiger partial charge in [-0.1, -0.05) is 11.6 Å². The Labute approximate surface area is 124 Å². The lowest BCUT2D eigenvalue weighted by atomic mass is 10.3. The maximum absolute atomic E-state index is 13.2. The molecule has 0 saturated heterocycles. The summed E-state index contributed by atoms with van der Waals surface area (Å²) in [4.78, 5) is 16.5. The van der Waals surface area contributed by atoms with Gasteiger partial charge in [0.2, 0.25) is 5.88 Å². The monoisotopic (exact) mass is 305 g/mol. The van der Waals surface area contributed by atoms with Crippen molar-refractivity contribution in [3.63, 3.8) is 0 Å². The Hall–Kier alpha value is -2.54. The number of ether oxygens (including phenoxy) is 1. The smallest absolute Gasteiger partial charge is 0.232 e. The highest BCUT2D eigenvalue weighted by Crippen LogP contribution is 2.25. The van der Waals surface area contributed by atoms with Crippen LogP contribution in [0.15, 0.2) is 30.7 Å². The van der Waals surface area contributed by atoms with Crippen molar-refractivity contribution in [2.24, 2.45) is 0 Å². The van der Waals surface area contributed by atoms with Crippen LogP contribution < -0.4 is 10.1 Å². The zero-order valence-electron chi connectivity index (χ0n) is 10.8. The van der Waals surface area contributed by atoms with Gasteiger partial charge in [0.25, 0.3) is 0 Å².